The lowest BCUT2D eigenvalue weighted by Crippen LogP contribution is -2.23. The van der Waals surface area contributed by atoms with Crippen LogP contribution in [0.4, 0.5) is 5.69 Å². The van der Waals surface area contributed by atoms with Gasteiger partial charge in [-0.05, 0) is 30.7 Å². The molecule has 1 heterocycles. The smallest absolute Gasteiger partial charge is 0.303 e. The molecule has 1 N–H and O–H groups in total. The Kier molecular flexibility index (Phi) is 4.14. The van der Waals surface area contributed by atoms with E-state index >= 15 is 0 Å². The van der Waals surface area contributed by atoms with Crippen LogP contribution in [0.25, 0.3) is 22.1 Å². The first-order chi connectivity index (χ1) is 11.2. The molecule has 0 spiro atoms. The number of benzene rings is 2. The van der Waals surface area contributed by atoms with Gasteiger partial charge < -0.3 is 10.0 Å². The fourth-order valence-electron chi connectivity index (χ4n) is 2.49. The average Bonchev–Trinajstić information content (AvgIpc) is 2.56. The van der Waals surface area contributed by atoms with Gasteiger partial charge in [-0.2, -0.15) is 0 Å². The minimum Gasteiger partial charge on any atom is -0.481 e. The number of hydrogen-bond acceptors (Lipinski definition) is 4. The van der Waals surface area contributed by atoms with Crippen LogP contribution < -0.4 is 4.90 Å². The van der Waals surface area contributed by atoms with Gasteiger partial charge in [0, 0.05) is 13.0 Å². The van der Waals surface area contributed by atoms with Crippen LogP contribution in [0.2, 0.25) is 0 Å². The van der Waals surface area contributed by atoms with Crippen molar-refractivity contribution < 1.29 is 14.7 Å². The number of carbonyl (C=O) groups is 2. The van der Waals surface area contributed by atoms with Crippen molar-refractivity contribution in [1.29, 1.82) is 0 Å². The van der Waals surface area contributed by atoms with Crippen LogP contribution in [0.3, 0.4) is 0 Å². The van der Waals surface area contributed by atoms with Crippen LogP contribution >= 0.6 is 0 Å². The fraction of sp³-hybridized carbons (Fsp3) is 0.176. The van der Waals surface area contributed by atoms with Gasteiger partial charge in [-0.1, -0.05) is 18.2 Å². The van der Waals surface area contributed by atoms with Gasteiger partial charge in [-0.15, -0.1) is 0 Å². The van der Waals surface area contributed by atoms with Crippen molar-refractivity contribution in [1.82, 2.24) is 9.97 Å². The van der Waals surface area contributed by atoms with Crippen LogP contribution in [0.15, 0.2) is 42.5 Å². The molecule has 6 nitrogen and oxygen atoms in total. The normalized spacial score (nSPS) is 10.8. The Labute approximate surface area is 132 Å². The number of carboxylic acids is 1. The van der Waals surface area contributed by atoms with Crippen molar-refractivity contribution in [2.24, 2.45) is 0 Å². The minimum absolute atomic E-state index is 0.0176. The number of carbonyl (C=O) groups excluding carboxylic acids is 1. The molecule has 0 saturated heterocycles. The first-order valence-electron chi connectivity index (χ1n) is 7.28. The lowest BCUT2D eigenvalue weighted by Gasteiger charge is -2.18. The van der Waals surface area contributed by atoms with Crippen LogP contribution in [-0.2, 0) is 9.59 Å². The maximum atomic E-state index is 11.4. The summed E-state index contributed by atoms with van der Waals surface area (Å²) in [7, 11) is 0. The summed E-state index contributed by atoms with van der Waals surface area (Å²) in [5, 5.41) is 8.73. The van der Waals surface area contributed by atoms with Gasteiger partial charge in [0.15, 0.2) is 0 Å². The van der Waals surface area contributed by atoms with Gasteiger partial charge in [-0.25, -0.2) is 9.97 Å². The summed E-state index contributed by atoms with van der Waals surface area (Å²) < 4.78 is 0. The molecule has 1 aromatic heterocycles. The summed E-state index contributed by atoms with van der Waals surface area (Å²) in [6.45, 7) is 0.323. The standard InChI is InChI=1S/C17H15N3O3/c21-11-20(10-4-9-16(22)23)15-8-3-7-14-17(15)19-13-6-2-1-5-12(13)18-14/h1-3,5-8,11H,4,9-10H2,(H,22,23). The van der Waals surface area contributed by atoms with Crippen molar-refractivity contribution in [2.75, 3.05) is 11.4 Å². The monoisotopic (exact) mass is 309 g/mol. The number of aromatic nitrogens is 2. The molecule has 0 atom stereocenters. The Morgan fingerprint density at radius 3 is 2.43 bits per heavy atom. The van der Waals surface area contributed by atoms with Crippen LogP contribution in [0, 0.1) is 0 Å². The molecule has 23 heavy (non-hydrogen) atoms. The number of carboxylic acid groups (broad SMARTS) is 1. The molecule has 0 aliphatic heterocycles. The van der Waals surface area contributed by atoms with E-state index in [4.69, 9.17) is 5.11 Å². The molecular weight excluding hydrogens is 294 g/mol. The molecule has 0 radical (unpaired) electrons. The molecule has 3 aromatic rings. The third-order valence-electron chi connectivity index (χ3n) is 3.57. The number of fused-ring (bicyclic) bond motifs is 2. The summed E-state index contributed by atoms with van der Waals surface area (Å²) >= 11 is 0. The fourth-order valence-corrected chi connectivity index (χ4v) is 2.49. The molecule has 0 aliphatic rings. The largest absolute Gasteiger partial charge is 0.481 e. The predicted octanol–water partition coefficient (Wildman–Crippen LogP) is 2.61. The highest BCUT2D eigenvalue weighted by Crippen LogP contribution is 2.25. The van der Waals surface area contributed by atoms with Crippen molar-refractivity contribution >= 4 is 40.1 Å². The van der Waals surface area contributed by atoms with E-state index in [9.17, 15) is 9.59 Å². The highest BCUT2D eigenvalue weighted by molar-refractivity contribution is 5.97. The SMILES string of the molecule is O=CN(CCCC(=O)O)c1cccc2nc3ccccc3nc12. The Balaban J connectivity index is 2.03. The topological polar surface area (TPSA) is 83.4 Å². The summed E-state index contributed by atoms with van der Waals surface area (Å²) in [5.74, 6) is -0.875. The second-order valence-corrected chi connectivity index (χ2v) is 5.15. The zero-order valence-corrected chi connectivity index (χ0v) is 12.3. The van der Waals surface area contributed by atoms with Crippen LogP contribution in [0.5, 0.6) is 0 Å². The first-order valence-corrected chi connectivity index (χ1v) is 7.28. The Morgan fingerprint density at radius 2 is 1.74 bits per heavy atom. The van der Waals surface area contributed by atoms with Gasteiger partial charge in [-0.3, -0.25) is 9.59 Å². The van der Waals surface area contributed by atoms with E-state index in [2.05, 4.69) is 9.97 Å². The lowest BCUT2D eigenvalue weighted by molar-refractivity contribution is -0.137. The van der Waals surface area contributed by atoms with E-state index < -0.39 is 5.97 Å². The number of nitrogens with zero attached hydrogens (tertiary/aromatic N) is 3. The van der Waals surface area contributed by atoms with Crippen molar-refractivity contribution in [3.8, 4) is 0 Å². The number of aliphatic carboxylic acids is 1. The van der Waals surface area contributed by atoms with Crippen molar-refractivity contribution in [2.45, 2.75) is 12.8 Å². The van der Waals surface area contributed by atoms with Crippen molar-refractivity contribution in [3.05, 3.63) is 42.5 Å². The van der Waals surface area contributed by atoms with E-state index in [-0.39, 0.29) is 6.42 Å². The van der Waals surface area contributed by atoms with Crippen molar-refractivity contribution in [3.63, 3.8) is 0 Å². The summed E-state index contributed by atoms with van der Waals surface area (Å²) in [6.07, 6.45) is 1.10. The van der Waals surface area contributed by atoms with E-state index in [0.717, 1.165) is 11.0 Å². The highest BCUT2D eigenvalue weighted by atomic mass is 16.4. The molecular formula is C17H15N3O3. The van der Waals surface area contributed by atoms with E-state index in [0.29, 0.717) is 36.1 Å². The van der Waals surface area contributed by atoms with E-state index in [1.54, 1.807) is 6.07 Å². The number of hydrogen-bond donors (Lipinski definition) is 1. The second-order valence-electron chi connectivity index (χ2n) is 5.15. The Morgan fingerprint density at radius 1 is 1.04 bits per heavy atom. The van der Waals surface area contributed by atoms with Crippen LogP contribution in [-0.4, -0.2) is 34.0 Å². The Bertz CT molecular complexity index is 879. The Hall–Kier alpha value is -3.02. The lowest BCUT2D eigenvalue weighted by atomic mass is 10.2. The van der Waals surface area contributed by atoms with Crippen LogP contribution in [0.1, 0.15) is 12.8 Å². The number of anilines is 1. The molecule has 0 aliphatic carbocycles. The third kappa shape index (κ3) is 3.11. The maximum Gasteiger partial charge on any atom is 0.303 e. The van der Waals surface area contributed by atoms with Gasteiger partial charge in [0.1, 0.15) is 5.52 Å². The predicted molar refractivity (Wildman–Crippen MR) is 87.3 cm³/mol. The van der Waals surface area contributed by atoms with E-state index in [1.165, 1.54) is 4.90 Å². The van der Waals surface area contributed by atoms with Gasteiger partial charge in [0.05, 0.1) is 22.2 Å². The maximum absolute atomic E-state index is 11.4. The van der Waals surface area contributed by atoms with Gasteiger partial charge in [0.25, 0.3) is 0 Å². The quantitative estimate of drug-likeness (QED) is 0.559. The number of para-hydroxylation sites is 3. The molecule has 0 unspecified atom stereocenters. The zero-order chi connectivity index (χ0) is 16.2. The molecule has 0 bridgehead atoms. The molecule has 3 rings (SSSR count). The van der Waals surface area contributed by atoms with Gasteiger partial charge >= 0.3 is 5.97 Å². The molecule has 2 aromatic carbocycles. The summed E-state index contributed by atoms with van der Waals surface area (Å²) in [5.41, 5.74) is 3.52. The van der Waals surface area contributed by atoms with E-state index in [1.807, 2.05) is 36.4 Å². The molecule has 116 valence electrons. The first kappa shape index (κ1) is 14.9. The molecule has 0 fully saturated rings. The molecule has 0 saturated carbocycles. The zero-order valence-electron chi connectivity index (χ0n) is 12.3. The molecule has 1 amide bonds. The average molecular weight is 309 g/mol. The number of amides is 1. The highest BCUT2D eigenvalue weighted by Gasteiger charge is 2.12. The second kappa shape index (κ2) is 6.39. The van der Waals surface area contributed by atoms with Gasteiger partial charge in [0.2, 0.25) is 6.41 Å². The minimum atomic E-state index is -0.875. The third-order valence-corrected chi connectivity index (χ3v) is 3.57. The summed E-state index contributed by atoms with van der Waals surface area (Å²) in [4.78, 5) is 32.7. The number of rotatable bonds is 6. The molecule has 6 heteroatoms. The summed E-state index contributed by atoms with van der Waals surface area (Å²) in [6, 6.07) is 13.0.